The fourth-order valence-corrected chi connectivity index (χ4v) is 1.94. The van der Waals surface area contributed by atoms with Gasteiger partial charge >= 0.3 is 0 Å². The van der Waals surface area contributed by atoms with Gasteiger partial charge in [-0.25, -0.2) is 10.9 Å². The second-order valence-corrected chi connectivity index (χ2v) is 5.48. The lowest BCUT2D eigenvalue weighted by atomic mass is 10.2. The first-order valence-corrected chi connectivity index (χ1v) is 7.98. The number of carbonyl (C=O) groups is 2. The van der Waals surface area contributed by atoms with Crippen LogP contribution < -0.4 is 10.9 Å². The number of hydrogen-bond donors (Lipinski definition) is 6. The Morgan fingerprint density at radius 3 is 1.46 bits per heavy atom. The van der Waals surface area contributed by atoms with E-state index in [0.29, 0.717) is 11.1 Å². The van der Waals surface area contributed by atoms with Crippen LogP contribution in [0, 0.1) is 0 Å². The molecule has 0 fully saturated rings. The Kier molecular flexibility index (Phi) is 7.20. The SMILES string of the molecule is O=C(N/N=C/c1ccccc1O)[C@H](O)[C@@H](O)C(=O)N/N=C/c1ccccc1O. The van der Waals surface area contributed by atoms with E-state index in [1.807, 2.05) is 10.9 Å². The first kappa shape index (κ1) is 20.6. The van der Waals surface area contributed by atoms with Gasteiger partial charge in [-0.15, -0.1) is 0 Å². The predicted molar refractivity (Wildman–Crippen MR) is 99.7 cm³/mol. The Labute approximate surface area is 159 Å². The highest BCUT2D eigenvalue weighted by molar-refractivity contribution is 5.92. The maximum absolute atomic E-state index is 11.8. The summed E-state index contributed by atoms with van der Waals surface area (Å²) in [6.07, 6.45) is -1.96. The predicted octanol–water partition coefficient (Wildman–Crippen LogP) is -0.580. The normalized spacial score (nSPS) is 13.4. The molecule has 6 N–H and O–H groups in total. The van der Waals surface area contributed by atoms with E-state index in [1.165, 1.54) is 24.3 Å². The van der Waals surface area contributed by atoms with Gasteiger partial charge in [0.2, 0.25) is 0 Å². The summed E-state index contributed by atoms with van der Waals surface area (Å²) in [7, 11) is 0. The third kappa shape index (κ3) is 5.62. The van der Waals surface area contributed by atoms with Gasteiger partial charge in [-0.2, -0.15) is 10.2 Å². The van der Waals surface area contributed by atoms with Gasteiger partial charge in [0.15, 0.2) is 12.2 Å². The number of carbonyl (C=O) groups excluding carboxylic acids is 2. The van der Waals surface area contributed by atoms with Gasteiger partial charge < -0.3 is 20.4 Å². The monoisotopic (exact) mass is 386 g/mol. The number of aliphatic hydroxyl groups excluding tert-OH is 2. The van der Waals surface area contributed by atoms with Gasteiger partial charge in [-0.1, -0.05) is 24.3 Å². The average Bonchev–Trinajstić information content (AvgIpc) is 2.69. The Morgan fingerprint density at radius 2 is 1.11 bits per heavy atom. The molecule has 2 atom stereocenters. The molecule has 10 heteroatoms. The fraction of sp³-hybridized carbons (Fsp3) is 0.111. The standard InChI is InChI=1S/C18H18N4O6/c23-13-7-3-1-5-11(13)9-19-21-17(27)15(25)16(26)18(28)22-20-10-12-6-2-4-8-14(12)24/h1-10,15-16,23-26H,(H,21,27)(H,22,28)/b19-9+,20-10+/t15-,16-/m1/s1. The molecular formula is C18H18N4O6. The molecule has 0 saturated heterocycles. The van der Waals surface area contributed by atoms with Gasteiger partial charge in [0.25, 0.3) is 11.8 Å². The Hall–Kier alpha value is -3.76. The molecule has 0 unspecified atom stereocenters. The van der Waals surface area contributed by atoms with Gasteiger partial charge in [0.1, 0.15) is 11.5 Å². The van der Waals surface area contributed by atoms with Crippen LogP contribution in [0.3, 0.4) is 0 Å². The molecule has 0 aromatic heterocycles. The van der Waals surface area contributed by atoms with Crippen molar-refractivity contribution >= 4 is 24.2 Å². The zero-order chi connectivity index (χ0) is 20.5. The summed E-state index contributed by atoms with van der Waals surface area (Å²) < 4.78 is 0. The van der Waals surface area contributed by atoms with E-state index < -0.39 is 24.0 Å². The fourth-order valence-electron chi connectivity index (χ4n) is 1.94. The number of nitrogens with zero attached hydrogens (tertiary/aromatic N) is 2. The second kappa shape index (κ2) is 9.80. The molecule has 2 aromatic carbocycles. The van der Waals surface area contributed by atoms with Crippen molar-refractivity contribution in [3.63, 3.8) is 0 Å². The van der Waals surface area contributed by atoms with Crippen LogP contribution in [0.2, 0.25) is 0 Å². The van der Waals surface area contributed by atoms with Crippen LogP contribution in [0.4, 0.5) is 0 Å². The van der Waals surface area contributed by atoms with Crippen molar-refractivity contribution in [2.75, 3.05) is 0 Å². The summed E-state index contributed by atoms with van der Waals surface area (Å²) in [6.45, 7) is 0. The zero-order valence-corrected chi connectivity index (χ0v) is 14.4. The van der Waals surface area contributed by atoms with Crippen molar-refractivity contribution < 1.29 is 30.0 Å². The second-order valence-electron chi connectivity index (χ2n) is 5.48. The number of phenols is 2. The number of rotatable bonds is 7. The maximum Gasteiger partial charge on any atom is 0.272 e. The molecule has 0 spiro atoms. The molecule has 0 aliphatic carbocycles. The van der Waals surface area contributed by atoms with Gasteiger partial charge in [0.05, 0.1) is 12.4 Å². The lowest BCUT2D eigenvalue weighted by Crippen LogP contribution is -2.47. The number of hydrogen-bond acceptors (Lipinski definition) is 8. The first-order valence-electron chi connectivity index (χ1n) is 7.98. The Bertz CT molecular complexity index is 826. The van der Waals surface area contributed by atoms with Crippen LogP contribution in [0.5, 0.6) is 11.5 Å². The smallest absolute Gasteiger partial charge is 0.272 e. The molecule has 0 radical (unpaired) electrons. The van der Waals surface area contributed by atoms with Crippen molar-refractivity contribution in [1.29, 1.82) is 0 Å². The van der Waals surface area contributed by atoms with E-state index >= 15 is 0 Å². The highest BCUT2D eigenvalue weighted by atomic mass is 16.3. The summed E-state index contributed by atoms with van der Waals surface area (Å²) in [6, 6.07) is 12.4. The van der Waals surface area contributed by atoms with E-state index in [9.17, 15) is 30.0 Å². The molecule has 2 rings (SSSR count). The number of para-hydroxylation sites is 2. The van der Waals surface area contributed by atoms with Crippen molar-refractivity contribution in [2.45, 2.75) is 12.2 Å². The van der Waals surface area contributed by atoms with Gasteiger partial charge in [0, 0.05) is 11.1 Å². The number of phenolic OH excluding ortho intramolecular Hbond substituents is 2. The molecule has 0 aliphatic rings. The Morgan fingerprint density at radius 1 is 0.750 bits per heavy atom. The summed E-state index contributed by atoms with van der Waals surface area (Å²) in [5.74, 6) is -2.41. The molecule has 28 heavy (non-hydrogen) atoms. The molecule has 0 saturated carbocycles. The van der Waals surface area contributed by atoms with E-state index in [-0.39, 0.29) is 11.5 Å². The largest absolute Gasteiger partial charge is 0.507 e. The topological polar surface area (TPSA) is 164 Å². The van der Waals surface area contributed by atoms with Crippen LogP contribution in [0.15, 0.2) is 58.7 Å². The number of amides is 2. The highest BCUT2D eigenvalue weighted by Crippen LogP contribution is 2.13. The molecule has 0 bridgehead atoms. The van der Waals surface area contributed by atoms with Gasteiger partial charge in [-0.3, -0.25) is 9.59 Å². The van der Waals surface area contributed by atoms with E-state index in [0.717, 1.165) is 12.4 Å². The molecule has 2 amide bonds. The van der Waals surface area contributed by atoms with E-state index in [1.54, 1.807) is 24.3 Å². The number of benzene rings is 2. The molecule has 0 aliphatic heterocycles. The van der Waals surface area contributed by atoms with E-state index in [4.69, 9.17) is 0 Å². The molecule has 2 aromatic rings. The average molecular weight is 386 g/mol. The van der Waals surface area contributed by atoms with Gasteiger partial charge in [-0.05, 0) is 24.3 Å². The molecular weight excluding hydrogens is 368 g/mol. The number of aromatic hydroxyl groups is 2. The molecule has 10 nitrogen and oxygen atoms in total. The third-order valence-corrected chi connectivity index (χ3v) is 3.47. The minimum atomic E-state index is -2.11. The number of aliphatic hydroxyl groups is 2. The van der Waals surface area contributed by atoms with Crippen LogP contribution in [0.1, 0.15) is 11.1 Å². The summed E-state index contributed by atoms with van der Waals surface area (Å²) in [5.41, 5.74) is 4.51. The van der Waals surface area contributed by atoms with E-state index in [2.05, 4.69) is 10.2 Å². The van der Waals surface area contributed by atoms with Crippen molar-refractivity contribution in [3.8, 4) is 11.5 Å². The number of hydrazone groups is 2. The van der Waals surface area contributed by atoms with Crippen molar-refractivity contribution in [1.82, 2.24) is 10.9 Å². The number of nitrogens with one attached hydrogen (secondary N) is 2. The lowest BCUT2D eigenvalue weighted by Gasteiger charge is -2.14. The lowest BCUT2D eigenvalue weighted by molar-refractivity contribution is -0.146. The zero-order valence-electron chi connectivity index (χ0n) is 14.4. The minimum Gasteiger partial charge on any atom is -0.507 e. The first-order chi connectivity index (χ1) is 13.4. The van der Waals surface area contributed by atoms with Crippen LogP contribution in [-0.4, -0.2) is 56.9 Å². The summed E-state index contributed by atoms with van der Waals surface area (Å²) in [5, 5.41) is 45.6. The summed E-state index contributed by atoms with van der Waals surface area (Å²) in [4.78, 5) is 23.5. The Balaban J connectivity index is 1.87. The molecule has 0 heterocycles. The molecule has 146 valence electrons. The van der Waals surface area contributed by atoms with Crippen LogP contribution in [-0.2, 0) is 9.59 Å². The summed E-state index contributed by atoms with van der Waals surface area (Å²) >= 11 is 0. The van der Waals surface area contributed by atoms with Crippen LogP contribution >= 0.6 is 0 Å². The van der Waals surface area contributed by atoms with Crippen molar-refractivity contribution in [2.24, 2.45) is 10.2 Å². The van der Waals surface area contributed by atoms with Crippen LogP contribution in [0.25, 0.3) is 0 Å². The van der Waals surface area contributed by atoms with Crippen molar-refractivity contribution in [3.05, 3.63) is 59.7 Å². The minimum absolute atomic E-state index is 0.0669. The third-order valence-electron chi connectivity index (χ3n) is 3.47. The quantitative estimate of drug-likeness (QED) is 0.275. The maximum atomic E-state index is 11.8. The highest BCUT2D eigenvalue weighted by Gasteiger charge is 2.30.